The number of aryl methyl sites for hydroxylation is 1. The molecule has 3 aliphatic heterocycles. The Balaban J connectivity index is 1.38. The number of rotatable bonds is 2. The second kappa shape index (κ2) is 8.58. The number of para-hydroxylation sites is 2. The van der Waals surface area contributed by atoms with Crippen LogP contribution in [-0.4, -0.2) is 50.8 Å². The maximum atomic E-state index is 13.5. The van der Waals surface area contributed by atoms with Crippen LogP contribution in [-0.2, 0) is 39.1 Å². The van der Waals surface area contributed by atoms with Gasteiger partial charge >= 0.3 is 18.0 Å². The molecule has 3 aliphatic rings. The van der Waals surface area contributed by atoms with Crippen molar-refractivity contribution in [2.24, 2.45) is 18.9 Å². The largest absolute Gasteiger partial charge is 0.444 e. The van der Waals surface area contributed by atoms with Gasteiger partial charge in [-0.1, -0.05) is 36.4 Å². The van der Waals surface area contributed by atoms with E-state index in [0.29, 0.717) is 36.2 Å². The fourth-order valence-electron chi connectivity index (χ4n) is 6.79. The molecule has 4 aromatic rings. The Bertz CT molecular complexity index is 1780. The third kappa shape index (κ3) is 3.69. The van der Waals surface area contributed by atoms with E-state index >= 15 is 0 Å². The molecule has 8 heteroatoms. The predicted octanol–water partition coefficient (Wildman–Crippen LogP) is 5.17. The van der Waals surface area contributed by atoms with E-state index in [9.17, 15) is 14.4 Å². The number of hydrogen-bond acceptors (Lipinski definition) is 5. The maximum absolute atomic E-state index is 13.5. The van der Waals surface area contributed by atoms with Crippen molar-refractivity contribution >= 4 is 51.0 Å². The molecule has 40 heavy (non-hydrogen) atoms. The summed E-state index contributed by atoms with van der Waals surface area (Å²) in [6, 6.07) is 15.9. The molecule has 0 saturated carbocycles. The Hall–Kier alpha value is -4.33. The number of hydrogen-bond donors (Lipinski definition) is 0. The van der Waals surface area contributed by atoms with Crippen molar-refractivity contribution in [2.45, 2.75) is 39.3 Å². The molecular formula is C32H31N3O5. The summed E-state index contributed by atoms with van der Waals surface area (Å²) in [5, 5.41) is 1.83. The molecule has 2 aromatic heterocycles. The number of fused-ring (bicyclic) bond motifs is 5. The van der Waals surface area contributed by atoms with Gasteiger partial charge in [0, 0.05) is 71.5 Å². The van der Waals surface area contributed by atoms with Gasteiger partial charge in [-0.05, 0) is 51.2 Å². The van der Waals surface area contributed by atoms with Crippen molar-refractivity contribution in [1.82, 2.24) is 14.0 Å². The van der Waals surface area contributed by atoms with Crippen LogP contribution in [0.5, 0.6) is 0 Å². The lowest BCUT2D eigenvalue weighted by atomic mass is 9.85. The molecule has 8 nitrogen and oxygen atoms in total. The molecule has 1 fully saturated rings. The molecule has 0 unspecified atom stereocenters. The SMILES string of the molecule is Cn1cc(C2=C(c3c4n(c5ccccc35)C[C@H]3CN(C(=O)OC(C)(C)C)C[C@H]3C4)C(=O)OC2=O)c2ccccc21. The Morgan fingerprint density at radius 3 is 2.27 bits per heavy atom. The lowest BCUT2D eigenvalue weighted by molar-refractivity contribution is -0.149. The zero-order valence-electron chi connectivity index (χ0n) is 23.1. The predicted molar refractivity (Wildman–Crippen MR) is 151 cm³/mol. The highest BCUT2D eigenvalue weighted by molar-refractivity contribution is 6.47. The molecule has 0 radical (unpaired) electrons. The molecule has 0 aliphatic carbocycles. The molecule has 7 rings (SSSR count). The molecule has 0 N–H and O–H groups in total. The number of ether oxygens (including phenoxy) is 2. The summed E-state index contributed by atoms with van der Waals surface area (Å²) in [4.78, 5) is 41.4. The van der Waals surface area contributed by atoms with Gasteiger partial charge in [-0.15, -0.1) is 0 Å². The van der Waals surface area contributed by atoms with Crippen LogP contribution in [0.4, 0.5) is 4.79 Å². The molecule has 1 amide bonds. The van der Waals surface area contributed by atoms with Gasteiger partial charge in [0.05, 0.1) is 11.1 Å². The molecule has 1 saturated heterocycles. The number of likely N-dealkylation sites (tertiary alicyclic amines) is 1. The molecular weight excluding hydrogens is 506 g/mol. The normalized spacial score (nSPS) is 20.9. The summed E-state index contributed by atoms with van der Waals surface area (Å²) in [6.07, 6.45) is 2.29. The monoisotopic (exact) mass is 537 g/mol. The molecule has 0 bridgehead atoms. The average molecular weight is 538 g/mol. The van der Waals surface area contributed by atoms with Crippen LogP contribution in [0.2, 0.25) is 0 Å². The second-order valence-electron chi connectivity index (χ2n) is 12.2. The molecule has 5 heterocycles. The van der Waals surface area contributed by atoms with E-state index in [0.717, 1.165) is 39.6 Å². The van der Waals surface area contributed by atoms with Gasteiger partial charge in [-0.2, -0.15) is 0 Å². The van der Waals surface area contributed by atoms with Crippen molar-refractivity contribution in [2.75, 3.05) is 13.1 Å². The van der Waals surface area contributed by atoms with E-state index in [2.05, 4.69) is 10.6 Å². The smallest absolute Gasteiger partial charge is 0.410 e. The summed E-state index contributed by atoms with van der Waals surface area (Å²) in [5.41, 5.74) is 4.53. The first-order chi connectivity index (χ1) is 19.1. The quantitative estimate of drug-likeness (QED) is 0.260. The van der Waals surface area contributed by atoms with Crippen LogP contribution in [0.15, 0.2) is 54.7 Å². The van der Waals surface area contributed by atoms with Gasteiger partial charge in [-0.25, -0.2) is 14.4 Å². The minimum atomic E-state index is -0.619. The van der Waals surface area contributed by atoms with Crippen LogP contribution < -0.4 is 0 Å². The summed E-state index contributed by atoms with van der Waals surface area (Å²) in [5.74, 6) is -0.743. The minimum Gasteiger partial charge on any atom is -0.444 e. The highest BCUT2D eigenvalue weighted by atomic mass is 16.6. The zero-order valence-corrected chi connectivity index (χ0v) is 23.1. The second-order valence-corrected chi connectivity index (χ2v) is 12.2. The standard InChI is InChI=1S/C32H31N3O5/c1-32(2,3)40-31(38)34-14-18-13-25-26(21-10-6-8-12-24(21)35(25)16-19(18)15-34)28-27(29(36)39-30(28)37)22-17-33(4)23-11-7-5-9-20(22)23/h5-12,17-19H,13-16H2,1-4H3/t18-,19-/m1/s1. The van der Waals surface area contributed by atoms with Crippen LogP contribution in [0.1, 0.15) is 37.6 Å². The molecule has 2 atom stereocenters. The average Bonchev–Trinajstić information content (AvgIpc) is 3.63. The van der Waals surface area contributed by atoms with E-state index in [4.69, 9.17) is 9.47 Å². The fraction of sp³-hybridized carbons (Fsp3) is 0.344. The van der Waals surface area contributed by atoms with Crippen molar-refractivity contribution < 1.29 is 23.9 Å². The van der Waals surface area contributed by atoms with E-state index < -0.39 is 17.5 Å². The fourth-order valence-corrected chi connectivity index (χ4v) is 6.79. The Morgan fingerprint density at radius 1 is 0.875 bits per heavy atom. The third-order valence-electron chi connectivity index (χ3n) is 8.44. The highest BCUT2D eigenvalue weighted by Crippen LogP contribution is 2.46. The summed E-state index contributed by atoms with van der Waals surface area (Å²) in [6.45, 7) is 7.58. The Morgan fingerprint density at radius 2 is 1.52 bits per heavy atom. The Labute approximate surface area is 231 Å². The lowest BCUT2D eigenvalue weighted by Crippen LogP contribution is -2.35. The van der Waals surface area contributed by atoms with Crippen LogP contribution in [0, 0.1) is 11.8 Å². The van der Waals surface area contributed by atoms with Crippen LogP contribution in [0.25, 0.3) is 33.0 Å². The van der Waals surface area contributed by atoms with Gasteiger partial charge in [0.2, 0.25) is 0 Å². The third-order valence-corrected chi connectivity index (χ3v) is 8.44. The van der Waals surface area contributed by atoms with Gasteiger partial charge in [0.15, 0.2) is 0 Å². The summed E-state index contributed by atoms with van der Waals surface area (Å²) >= 11 is 0. The number of benzene rings is 2. The van der Waals surface area contributed by atoms with Gasteiger partial charge in [0.1, 0.15) is 5.60 Å². The minimum absolute atomic E-state index is 0.220. The van der Waals surface area contributed by atoms with E-state index in [1.807, 2.05) is 85.9 Å². The number of carbonyl (C=O) groups excluding carboxylic acids is 3. The number of aromatic nitrogens is 2. The van der Waals surface area contributed by atoms with E-state index in [1.165, 1.54) is 0 Å². The first-order valence-electron chi connectivity index (χ1n) is 13.7. The van der Waals surface area contributed by atoms with E-state index in [1.54, 1.807) is 0 Å². The summed E-state index contributed by atoms with van der Waals surface area (Å²) in [7, 11) is 1.93. The molecule has 204 valence electrons. The van der Waals surface area contributed by atoms with Crippen molar-refractivity contribution in [3.63, 3.8) is 0 Å². The first-order valence-corrected chi connectivity index (χ1v) is 13.7. The molecule has 2 aromatic carbocycles. The van der Waals surface area contributed by atoms with E-state index in [-0.39, 0.29) is 17.9 Å². The number of carbonyl (C=O) groups is 3. The van der Waals surface area contributed by atoms with Crippen LogP contribution >= 0.6 is 0 Å². The van der Waals surface area contributed by atoms with Gasteiger partial charge < -0.3 is 23.5 Å². The van der Waals surface area contributed by atoms with Gasteiger partial charge in [0.25, 0.3) is 0 Å². The van der Waals surface area contributed by atoms with Crippen molar-refractivity contribution in [3.8, 4) is 0 Å². The molecule has 0 spiro atoms. The van der Waals surface area contributed by atoms with Gasteiger partial charge in [-0.3, -0.25) is 0 Å². The zero-order chi connectivity index (χ0) is 27.9. The maximum Gasteiger partial charge on any atom is 0.410 e. The topological polar surface area (TPSA) is 82.8 Å². The van der Waals surface area contributed by atoms with Crippen molar-refractivity contribution in [1.29, 1.82) is 0 Å². The number of amides is 1. The van der Waals surface area contributed by atoms with Crippen LogP contribution in [0.3, 0.4) is 0 Å². The number of nitrogens with zero attached hydrogens (tertiary/aromatic N) is 3. The lowest BCUT2D eigenvalue weighted by Gasteiger charge is -2.27. The Kier molecular flexibility index (Phi) is 5.30. The first kappa shape index (κ1) is 24.7. The van der Waals surface area contributed by atoms with Crippen molar-refractivity contribution in [3.05, 3.63) is 71.5 Å². The summed E-state index contributed by atoms with van der Waals surface area (Å²) < 4.78 is 15.2. The highest BCUT2D eigenvalue weighted by Gasteiger charge is 2.44. The number of esters is 2. The number of cyclic esters (lactones) is 2.